The zero-order valence-corrected chi connectivity index (χ0v) is 10.6. The van der Waals surface area contributed by atoms with E-state index in [4.69, 9.17) is 15.2 Å². The van der Waals surface area contributed by atoms with Gasteiger partial charge in [0, 0.05) is 12.6 Å². The minimum absolute atomic E-state index is 0.406. The maximum absolute atomic E-state index is 11.9. The van der Waals surface area contributed by atoms with Crippen LogP contribution in [0.15, 0.2) is 48.5 Å². The standard InChI is InChI=1S/C15H15NO3/c1-18-13-3-2-4-14(9-13)19-15(17)12-7-5-11(10-16)6-8-12/h2-9H,10,16H2,1H3. The highest BCUT2D eigenvalue weighted by Gasteiger charge is 2.08. The number of esters is 1. The lowest BCUT2D eigenvalue weighted by atomic mass is 10.1. The van der Waals surface area contributed by atoms with Crippen LogP contribution in [-0.2, 0) is 6.54 Å². The topological polar surface area (TPSA) is 61.5 Å². The Hall–Kier alpha value is -2.33. The van der Waals surface area contributed by atoms with Gasteiger partial charge in [-0.25, -0.2) is 4.79 Å². The maximum Gasteiger partial charge on any atom is 0.343 e. The Morgan fingerprint density at radius 1 is 1.11 bits per heavy atom. The molecule has 98 valence electrons. The number of nitrogens with two attached hydrogens (primary N) is 1. The zero-order valence-electron chi connectivity index (χ0n) is 10.6. The van der Waals surface area contributed by atoms with Crippen LogP contribution in [0.25, 0.3) is 0 Å². The first-order chi connectivity index (χ1) is 9.22. The molecule has 2 aromatic rings. The highest BCUT2D eigenvalue weighted by molar-refractivity contribution is 5.91. The van der Waals surface area contributed by atoms with Crippen LogP contribution < -0.4 is 15.2 Å². The molecular formula is C15H15NO3. The average Bonchev–Trinajstić information content (AvgIpc) is 2.47. The molecule has 0 amide bonds. The van der Waals surface area contributed by atoms with Gasteiger partial charge in [0.05, 0.1) is 12.7 Å². The average molecular weight is 257 g/mol. The molecule has 19 heavy (non-hydrogen) atoms. The lowest BCUT2D eigenvalue weighted by Crippen LogP contribution is -2.08. The SMILES string of the molecule is COc1cccc(OC(=O)c2ccc(CN)cc2)c1. The second-order valence-electron chi connectivity index (χ2n) is 3.97. The number of benzene rings is 2. The van der Waals surface area contributed by atoms with Crippen molar-refractivity contribution in [1.82, 2.24) is 0 Å². The predicted octanol–water partition coefficient (Wildman–Crippen LogP) is 2.37. The highest BCUT2D eigenvalue weighted by atomic mass is 16.5. The summed E-state index contributed by atoms with van der Waals surface area (Å²) in [4.78, 5) is 11.9. The molecule has 0 saturated heterocycles. The van der Waals surface area contributed by atoms with Crippen molar-refractivity contribution in [2.45, 2.75) is 6.54 Å². The van der Waals surface area contributed by atoms with Gasteiger partial charge in [0.2, 0.25) is 0 Å². The molecule has 0 unspecified atom stereocenters. The van der Waals surface area contributed by atoms with Gasteiger partial charge in [0.25, 0.3) is 0 Å². The summed E-state index contributed by atoms with van der Waals surface area (Å²) in [5.41, 5.74) is 6.96. The largest absolute Gasteiger partial charge is 0.497 e. The number of methoxy groups -OCH3 is 1. The molecule has 0 fully saturated rings. The van der Waals surface area contributed by atoms with Crippen molar-refractivity contribution in [3.63, 3.8) is 0 Å². The van der Waals surface area contributed by atoms with E-state index in [9.17, 15) is 4.79 Å². The van der Waals surface area contributed by atoms with Gasteiger partial charge < -0.3 is 15.2 Å². The fourth-order valence-corrected chi connectivity index (χ4v) is 1.61. The van der Waals surface area contributed by atoms with E-state index in [-0.39, 0.29) is 0 Å². The number of ether oxygens (including phenoxy) is 2. The molecule has 0 aliphatic rings. The fraction of sp³-hybridized carbons (Fsp3) is 0.133. The number of carbonyl (C=O) groups excluding carboxylic acids is 1. The van der Waals surface area contributed by atoms with Crippen LogP contribution >= 0.6 is 0 Å². The summed E-state index contributed by atoms with van der Waals surface area (Å²) < 4.78 is 10.3. The first-order valence-electron chi connectivity index (χ1n) is 5.88. The van der Waals surface area contributed by atoms with Gasteiger partial charge in [-0.1, -0.05) is 18.2 Å². The van der Waals surface area contributed by atoms with Crippen LogP contribution in [0.5, 0.6) is 11.5 Å². The van der Waals surface area contributed by atoms with E-state index in [0.717, 1.165) is 5.56 Å². The van der Waals surface area contributed by atoms with Crippen molar-refractivity contribution in [3.8, 4) is 11.5 Å². The lowest BCUT2D eigenvalue weighted by Gasteiger charge is -2.06. The molecule has 0 aliphatic heterocycles. The highest BCUT2D eigenvalue weighted by Crippen LogP contribution is 2.20. The number of hydrogen-bond donors (Lipinski definition) is 1. The minimum atomic E-state index is -0.406. The van der Waals surface area contributed by atoms with Gasteiger partial charge in [-0.3, -0.25) is 0 Å². The van der Waals surface area contributed by atoms with Gasteiger partial charge in [0.15, 0.2) is 0 Å². The summed E-state index contributed by atoms with van der Waals surface area (Å²) in [5, 5.41) is 0. The molecule has 0 bridgehead atoms. The molecule has 0 heterocycles. The van der Waals surface area contributed by atoms with Crippen molar-refractivity contribution in [2.24, 2.45) is 5.73 Å². The van der Waals surface area contributed by atoms with E-state index >= 15 is 0 Å². The monoisotopic (exact) mass is 257 g/mol. The minimum Gasteiger partial charge on any atom is -0.497 e. The molecule has 2 aromatic carbocycles. The van der Waals surface area contributed by atoms with E-state index in [1.165, 1.54) is 0 Å². The third-order valence-electron chi connectivity index (χ3n) is 2.68. The third kappa shape index (κ3) is 3.33. The van der Waals surface area contributed by atoms with Crippen LogP contribution in [0, 0.1) is 0 Å². The van der Waals surface area contributed by atoms with Crippen molar-refractivity contribution >= 4 is 5.97 Å². The molecule has 4 heteroatoms. The van der Waals surface area contributed by atoms with Gasteiger partial charge in [-0.15, -0.1) is 0 Å². The van der Waals surface area contributed by atoms with Crippen LogP contribution in [0.4, 0.5) is 0 Å². The maximum atomic E-state index is 11.9. The molecule has 0 atom stereocenters. The summed E-state index contributed by atoms with van der Waals surface area (Å²) in [6.07, 6.45) is 0. The predicted molar refractivity (Wildman–Crippen MR) is 72.3 cm³/mol. The molecule has 0 saturated carbocycles. The Morgan fingerprint density at radius 2 is 1.79 bits per heavy atom. The number of rotatable bonds is 4. The molecule has 2 N–H and O–H groups in total. The second-order valence-corrected chi connectivity index (χ2v) is 3.97. The first kappa shape index (κ1) is 13.1. The van der Waals surface area contributed by atoms with E-state index in [2.05, 4.69) is 0 Å². The molecule has 0 radical (unpaired) electrons. The zero-order chi connectivity index (χ0) is 13.7. The summed E-state index contributed by atoms with van der Waals surface area (Å²) in [6, 6.07) is 13.9. The van der Waals surface area contributed by atoms with Crippen LogP contribution in [0.2, 0.25) is 0 Å². The van der Waals surface area contributed by atoms with E-state index in [1.807, 2.05) is 12.1 Å². The van der Waals surface area contributed by atoms with E-state index in [1.54, 1.807) is 43.5 Å². The molecule has 0 aromatic heterocycles. The van der Waals surface area contributed by atoms with Crippen LogP contribution in [0.3, 0.4) is 0 Å². The Bertz CT molecular complexity index is 564. The Kier molecular flexibility index (Phi) is 4.15. The quantitative estimate of drug-likeness (QED) is 0.674. The Morgan fingerprint density at radius 3 is 2.42 bits per heavy atom. The fourth-order valence-electron chi connectivity index (χ4n) is 1.61. The summed E-state index contributed by atoms with van der Waals surface area (Å²) in [6.45, 7) is 0.450. The van der Waals surface area contributed by atoms with Gasteiger partial charge >= 0.3 is 5.97 Å². The van der Waals surface area contributed by atoms with Gasteiger partial charge in [0.1, 0.15) is 11.5 Å². The van der Waals surface area contributed by atoms with Gasteiger partial charge in [-0.2, -0.15) is 0 Å². The lowest BCUT2D eigenvalue weighted by molar-refractivity contribution is 0.0734. The second kappa shape index (κ2) is 6.02. The van der Waals surface area contributed by atoms with Crippen molar-refractivity contribution in [3.05, 3.63) is 59.7 Å². The van der Waals surface area contributed by atoms with Crippen LogP contribution in [-0.4, -0.2) is 13.1 Å². The van der Waals surface area contributed by atoms with Crippen molar-refractivity contribution < 1.29 is 14.3 Å². The summed E-state index contributed by atoms with van der Waals surface area (Å²) >= 11 is 0. The van der Waals surface area contributed by atoms with Crippen LogP contribution in [0.1, 0.15) is 15.9 Å². The smallest absolute Gasteiger partial charge is 0.343 e. The molecule has 4 nitrogen and oxygen atoms in total. The first-order valence-corrected chi connectivity index (χ1v) is 5.88. The third-order valence-corrected chi connectivity index (χ3v) is 2.68. The molecule has 0 aliphatic carbocycles. The van der Waals surface area contributed by atoms with E-state index < -0.39 is 5.97 Å². The van der Waals surface area contributed by atoms with Gasteiger partial charge in [-0.05, 0) is 29.8 Å². The Labute approximate surface area is 111 Å². The van der Waals surface area contributed by atoms with E-state index in [0.29, 0.717) is 23.6 Å². The number of carbonyl (C=O) groups is 1. The van der Waals surface area contributed by atoms with Crippen molar-refractivity contribution in [1.29, 1.82) is 0 Å². The molecule has 2 rings (SSSR count). The normalized spacial score (nSPS) is 10.0. The van der Waals surface area contributed by atoms with Crippen molar-refractivity contribution in [2.75, 3.05) is 7.11 Å². The number of hydrogen-bond acceptors (Lipinski definition) is 4. The molecule has 0 spiro atoms. The summed E-state index contributed by atoms with van der Waals surface area (Å²) in [7, 11) is 1.56. The molecular weight excluding hydrogens is 242 g/mol. The Balaban J connectivity index is 2.11. The summed E-state index contributed by atoms with van der Waals surface area (Å²) in [5.74, 6) is 0.688.